The van der Waals surface area contributed by atoms with E-state index in [1.54, 1.807) is 23.2 Å². The summed E-state index contributed by atoms with van der Waals surface area (Å²) in [5, 5.41) is 12.7. The van der Waals surface area contributed by atoms with Gasteiger partial charge < -0.3 is 15.0 Å². The van der Waals surface area contributed by atoms with Crippen LogP contribution in [-0.2, 0) is 4.74 Å². The van der Waals surface area contributed by atoms with Crippen molar-refractivity contribution >= 4 is 23.6 Å². The summed E-state index contributed by atoms with van der Waals surface area (Å²) < 4.78 is 5.49. The molecule has 0 aliphatic carbocycles. The number of hydrogen-bond donors (Lipinski definition) is 1. The molecule has 1 aromatic heterocycles. The van der Waals surface area contributed by atoms with Gasteiger partial charge >= 0.3 is 6.09 Å². The number of aromatic nitrogens is 2. The summed E-state index contributed by atoms with van der Waals surface area (Å²) >= 11 is 6.28. The Bertz CT molecular complexity index is 934. The second-order valence-electron chi connectivity index (χ2n) is 8.39. The van der Waals surface area contributed by atoms with Crippen molar-refractivity contribution in [3.63, 3.8) is 0 Å². The van der Waals surface area contributed by atoms with Crippen LogP contribution in [0.25, 0.3) is 11.3 Å². The number of ether oxygens (including phenoxy) is 1. The number of likely N-dealkylation sites (tertiary alicyclic amines) is 1. The zero-order valence-electron chi connectivity index (χ0n) is 17.5. The minimum Gasteiger partial charge on any atom is -0.444 e. The molecule has 1 aromatic carbocycles. The standard InChI is InChI=1S/C22H26ClN5O2/c1-22(2,3)30-21(29)28-10-4-5-16(14-28)12-25-20-26-13-18(23)19(27-20)17-8-6-15(11-24)7-9-17/h6-9,13,16H,4-5,10,12,14H2,1-3H3,(H,25,26,27). The number of anilines is 1. The molecule has 7 nitrogen and oxygen atoms in total. The van der Waals surface area contributed by atoms with Gasteiger partial charge in [0.1, 0.15) is 5.60 Å². The van der Waals surface area contributed by atoms with E-state index in [2.05, 4.69) is 21.4 Å². The van der Waals surface area contributed by atoms with Crippen LogP contribution in [0.15, 0.2) is 30.5 Å². The van der Waals surface area contributed by atoms with E-state index < -0.39 is 5.60 Å². The van der Waals surface area contributed by atoms with Gasteiger partial charge in [0.05, 0.1) is 28.5 Å². The molecule has 0 spiro atoms. The van der Waals surface area contributed by atoms with Gasteiger partial charge in [-0.2, -0.15) is 5.26 Å². The Labute approximate surface area is 182 Å². The number of rotatable bonds is 4. The van der Waals surface area contributed by atoms with E-state index in [-0.39, 0.29) is 12.0 Å². The van der Waals surface area contributed by atoms with Gasteiger partial charge in [0, 0.05) is 25.2 Å². The highest BCUT2D eigenvalue weighted by molar-refractivity contribution is 6.32. The van der Waals surface area contributed by atoms with E-state index in [0.29, 0.717) is 41.9 Å². The van der Waals surface area contributed by atoms with Crippen molar-refractivity contribution in [2.24, 2.45) is 5.92 Å². The van der Waals surface area contributed by atoms with Crippen LogP contribution >= 0.6 is 11.6 Å². The predicted molar refractivity (Wildman–Crippen MR) is 116 cm³/mol. The first kappa shape index (κ1) is 21.8. The molecule has 2 heterocycles. The molecule has 8 heteroatoms. The number of amides is 1. The van der Waals surface area contributed by atoms with Crippen LogP contribution in [0.5, 0.6) is 0 Å². The van der Waals surface area contributed by atoms with Crippen molar-refractivity contribution in [1.29, 1.82) is 5.26 Å². The molecule has 1 unspecified atom stereocenters. The summed E-state index contributed by atoms with van der Waals surface area (Å²) in [4.78, 5) is 22.9. The lowest BCUT2D eigenvalue weighted by molar-refractivity contribution is 0.0172. The molecular weight excluding hydrogens is 402 g/mol. The first-order valence-corrected chi connectivity index (χ1v) is 10.4. The van der Waals surface area contributed by atoms with E-state index in [9.17, 15) is 4.79 Å². The van der Waals surface area contributed by atoms with E-state index >= 15 is 0 Å². The molecule has 0 radical (unpaired) electrons. The summed E-state index contributed by atoms with van der Waals surface area (Å²) in [6, 6.07) is 9.19. The third kappa shape index (κ3) is 5.83. The van der Waals surface area contributed by atoms with Crippen LogP contribution in [0.2, 0.25) is 5.02 Å². The maximum absolute atomic E-state index is 12.3. The number of nitriles is 1. The lowest BCUT2D eigenvalue weighted by Gasteiger charge is -2.34. The third-order valence-corrected chi connectivity index (χ3v) is 5.03. The van der Waals surface area contributed by atoms with E-state index in [4.69, 9.17) is 21.6 Å². The van der Waals surface area contributed by atoms with E-state index in [1.807, 2.05) is 32.9 Å². The minimum atomic E-state index is -0.499. The summed E-state index contributed by atoms with van der Waals surface area (Å²) in [7, 11) is 0. The van der Waals surface area contributed by atoms with Crippen LogP contribution in [0.3, 0.4) is 0 Å². The zero-order valence-corrected chi connectivity index (χ0v) is 18.2. The molecule has 1 aliphatic heterocycles. The summed E-state index contributed by atoms with van der Waals surface area (Å²) in [5.74, 6) is 0.761. The molecule has 3 rings (SSSR count). The van der Waals surface area contributed by atoms with Crippen molar-refractivity contribution in [1.82, 2.24) is 14.9 Å². The van der Waals surface area contributed by atoms with Crippen LogP contribution in [0.1, 0.15) is 39.2 Å². The highest BCUT2D eigenvalue weighted by Crippen LogP contribution is 2.27. The molecule has 1 amide bonds. The Hall–Kier alpha value is -2.85. The quantitative estimate of drug-likeness (QED) is 0.758. The summed E-state index contributed by atoms with van der Waals surface area (Å²) in [6.45, 7) is 7.61. The van der Waals surface area contributed by atoms with Gasteiger partial charge in [-0.05, 0) is 51.7 Å². The maximum Gasteiger partial charge on any atom is 0.410 e. The van der Waals surface area contributed by atoms with Crippen LogP contribution in [0.4, 0.5) is 10.7 Å². The monoisotopic (exact) mass is 427 g/mol. The average molecular weight is 428 g/mol. The lowest BCUT2D eigenvalue weighted by Crippen LogP contribution is -2.44. The lowest BCUT2D eigenvalue weighted by atomic mass is 9.98. The van der Waals surface area contributed by atoms with Gasteiger partial charge in [-0.25, -0.2) is 14.8 Å². The summed E-state index contributed by atoms with van der Waals surface area (Å²) in [5.41, 5.74) is 1.51. The van der Waals surface area contributed by atoms with Crippen molar-refractivity contribution < 1.29 is 9.53 Å². The molecule has 1 fully saturated rings. The largest absolute Gasteiger partial charge is 0.444 e. The number of piperidine rings is 1. The fraction of sp³-hybridized carbons (Fsp3) is 0.455. The van der Waals surface area contributed by atoms with Gasteiger partial charge in [-0.3, -0.25) is 0 Å². The molecule has 0 saturated carbocycles. The van der Waals surface area contributed by atoms with Crippen molar-refractivity contribution in [2.75, 3.05) is 25.0 Å². The van der Waals surface area contributed by atoms with Gasteiger partial charge in [-0.1, -0.05) is 23.7 Å². The number of benzene rings is 1. The average Bonchev–Trinajstić information content (AvgIpc) is 2.72. The van der Waals surface area contributed by atoms with Gasteiger partial charge in [0.25, 0.3) is 0 Å². The number of carbonyl (C=O) groups is 1. The predicted octanol–water partition coefficient (Wildman–Crippen LogP) is 4.73. The normalized spacial score (nSPS) is 16.6. The number of nitrogens with zero attached hydrogens (tertiary/aromatic N) is 4. The Kier molecular flexibility index (Phi) is 6.78. The zero-order chi connectivity index (χ0) is 21.7. The Morgan fingerprint density at radius 3 is 2.77 bits per heavy atom. The van der Waals surface area contributed by atoms with E-state index in [1.165, 1.54) is 0 Å². The molecular formula is C22H26ClN5O2. The number of nitrogens with one attached hydrogen (secondary N) is 1. The summed E-state index contributed by atoms with van der Waals surface area (Å²) in [6.07, 6.45) is 3.25. The molecule has 1 aliphatic rings. The van der Waals surface area contributed by atoms with Crippen LogP contribution in [0, 0.1) is 17.2 Å². The molecule has 158 valence electrons. The SMILES string of the molecule is CC(C)(C)OC(=O)N1CCCC(CNc2ncc(Cl)c(-c3ccc(C#N)cc3)n2)C1. The topological polar surface area (TPSA) is 91.1 Å². The van der Waals surface area contributed by atoms with Gasteiger partial charge in [-0.15, -0.1) is 0 Å². The fourth-order valence-electron chi connectivity index (χ4n) is 3.32. The number of halogens is 1. The highest BCUT2D eigenvalue weighted by atomic mass is 35.5. The second-order valence-corrected chi connectivity index (χ2v) is 8.80. The third-order valence-electron chi connectivity index (χ3n) is 4.75. The van der Waals surface area contributed by atoms with Crippen molar-refractivity contribution in [3.05, 3.63) is 41.0 Å². The number of carbonyl (C=O) groups excluding carboxylic acids is 1. The molecule has 1 atom stereocenters. The molecule has 0 bridgehead atoms. The molecule has 30 heavy (non-hydrogen) atoms. The van der Waals surface area contributed by atoms with E-state index in [0.717, 1.165) is 18.4 Å². The van der Waals surface area contributed by atoms with Crippen LogP contribution < -0.4 is 5.32 Å². The number of hydrogen-bond acceptors (Lipinski definition) is 6. The first-order chi connectivity index (χ1) is 14.2. The molecule has 1 N–H and O–H groups in total. The molecule has 2 aromatic rings. The van der Waals surface area contributed by atoms with Crippen LogP contribution in [-0.4, -0.2) is 46.2 Å². The van der Waals surface area contributed by atoms with Gasteiger partial charge in [0.15, 0.2) is 0 Å². The maximum atomic E-state index is 12.3. The molecule has 1 saturated heterocycles. The smallest absolute Gasteiger partial charge is 0.410 e. The Morgan fingerprint density at radius 2 is 2.10 bits per heavy atom. The Balaban J connectivity index is 1.63. The first-order valence-electron chi connectivity index (χ1n) is 10.00. The van der Waals surface area contributed by atoms with Crippen molar-refractivity contribution in [2.45, 2.75) is 39.2 Å². The fourth-order valence-corrected chi connectivity index (χ4v) is 3.52. The minimum absolute atomic E-state index is 0.266. The Morgan fingerprint density at radius 1 is 1.37 bits per heavy atom. The highest BCUT2D eigenvalue weighted by Gasteiger charge is 2.27. The van der Waals surface area contributed by atoms with Crippen molar-refractivity contribution in [3.8, 4) is 17.3 Å². The van der Waals surface area contributed by atoms with Gasteiger partial charge in [0.2, 0.25) is 5.95 Å². The second kappa shape index (κ2) is 9.31.